The summed E-state index contributed by atoms with van der Waals surface area (Å²) in [6.07, 6.45) is -17.3. The highest BCUT2D eigenvalue weighted by Gasteiger charge is 2.54. The number of rotatable bonds is 13. The van der Waals surface area contributed by atoms with Gasteiger partial charge in [-0.1, -0.05) is 0 Å². The minimum Gasteiger partial charge on any atom is -0.756 e. The largest absolute Gasteiger partial charge is 0.756 e. The van der Waals surface area contributed by atoms with Crippen LogP contribution in [0.4, 0.5) is 5.82 Å². The first-order valence-electron chi connectivity index (χ1n) is 12.5. The summed E-state index contributed by atoms with van der Waals surface area (Å²) >= 11 is 0. The number of aliphatic hydroxyl groups is 6. The van der Waals surface area contributed by atoms with Crippen LogP contribution in [0.3, 0.4) is 0 Å². The van der Waals surface area contributed by atoms with Crippen molar-refractivity contribution in [3.05, 3.63) is 22.7 Å². The number of ether oxygens (including phenoxy) is 2. The Labute approximate surface area is 245 Å². The molecule has 1 amide bonds. The van der Waals surface area contributed by atoms with E-state index in [1.807, 2.05) is 5.32 Å². The highest BCUT2D eigenvalue weighted by Crippen LogP contribution is 2.48. The number of aromatic nitrogens is 2. The molecule has 3 rings (SSSR count). The van der Waals surface area contributed by atoms with E-state index < -0.39 is 118 Å². The zero-order chi connectivity index (χ0) is 33.1. The van der Waals surface area contributed by atoms with E-state index >= 15 is 0 Å². The monoisotopic (exact) mass is 656 g/mol. The molecule has 1 aromatic rings. The first kappa shape index (κ1) is 35.4. The van der Waals surface area contributed by atoms with Crippen molar-refractivity contribution in [2.24, 2.45) is 0 Å². The van der Waals surface area contributed by atoms with Gasteiger partial charge in [0.2, 0.25) is 11.7 Å². The van der Waals surface area contributed by atoms with Gasteiger partial charge in [-0.3, -0.25) is 23.2 Å². The number of phosphoric acid groups is 1. The normalized spacial score (nSPS) is 33.2. The second-order valence-electron chi connectivity index (χ2n) is 9.72. The lowest BCUT2D eigenvalue weighted by atomic mass is 9.88. The summed E-state index contributed by atoms with van der Waals surface area (Å²) in [4.78, 5) is 63.2. The third kappa shape index (κ3) is 7.93. The zero-order valence-corrected chi connectivity index (χ0v) is 23.1. The maximum absolute atomic E-state index is 12.7. The van der Waals surface area contributed by atoms with Crippen LogP contribution in [0.1, 0.15) is 19.1 Å². The third-order valence-electron chi connectivity index (χ3n) is 6.56. The molecule has 44 heavy (non-hydrogen) atoms. The highest BCUT2D eigenvalue weighted by molar-refractivity contribution is 7.45. The molecular formula is C21H29N4O18P-2. The lowest BCUT2D eigenvalue weighted by molar-refractivity contribution is -0.377. The molecule has 22 nitrogen and oxygen atoms in total. The molecule has 1 aromatic heterocycles. The molecule has 0 aliphatic carbocycles. The van der Waals surface area contributed by atoms with Gasteiger partial charge in [-0.2, -0.15) is 4.98 Å². The molecule has 0 spiro atoms. The summed E-state index contributed by atoms with van der Waals surface area (Å²) in [5.74, 6) is -9.04. The van der Waals surface area contributed by atoms with Gasteiger partial charge in [0.05, 0.1) is 25.4 Å². The van der Waals surface area contributed by atoms with Crippen molar-refractivity contribution in [3.63, 3.8) is 0 Å². The van der Waals surface area contributed by atoms with Crippen LogP contribution in [0.25, 0.3) is 0 Å². The molecule has 0 aromatic carbocycles. The quantitative estimate of drug-likeness (QED) is 0.0703. The van der Waals surface area contributed by atoms with Crippen LogP contribution in [-0.4, -0.2) is 131 Å². The molecule has 248 valence electrons. The smallest absolute Gasteiger partial charge is 0.351 e. The third-order valence-corrected chi connectivity index (χ3v) is 7.54. The SMILES string of the molecule is Nc1ccn(C2OC(COP(=O)([O-])O[C@@]3(C(=O)[O-])C[C@@H](O)[C@@H](NC(=O)CC(=O)O)C([C@H](O)[C@H](O)CO)O3)[C@@H](O)[C@H]2O)c(=O)n1. The van der Waals surface area contributed by atoms with Crippen LogP contribution in [0.5, 0.6) is 0 Å². The van der Waals surface area contributed by atoms with E-state index in [9.17, 15) is 64.4 Å². The number of hydrogen-bond acceptors (Lipinski definition) is 19. The van der Waals surface area contributed by atoms with Gasteiger partial charge >= 0.3 is 11.7 Å². The fourth-order valence-corrected chi connectivity index (χ4v) is 5.38. The van der Waals surface area contributed by atoms with Crippen LogP contribution in [-0.2, 0) is 37.5 Å². The van der Waals surface area contributed by atoms with Gasteiger partial charge in [-0.25, -0.2) is 4.79 Å². The van der Waals surface area contributed by atoms with E-state index in [4.69, 9.17) is 20.3 Å². The topological polar surface area (TPSA) is 366 Å². The minimum absolute atomic E-state index is 0.171. The predicted octanol–water partition coefficient (Wildman–Crippen LogP) is -7.78. The van der Waals surface area contributed by atoms with E-state index in [2.05, 4.69) is 14.0 Å². The van der Waals surface area contributed by atoms with Crippen LogP contribution in [0.15, 0.2) is 17.1 Å². The molecule has 11 atom stereocenters. The maximum Gasteiger partial charge on any atom is 0.351 e. The minimum atomic E-state index is -5.90. The Hall–Kier alpha value is -3.12. The Morgan fingerprint density at radius 1 is 1.27 bits per heavy atom. The fraction of sp³-hybridized carbons (Fsp3) is 0.667. The molecule has 0 bridgehead atoms. The van der Waals surface area contributed by atoms with Crippen LogP contribution in [0.2, 0.25) is 0 Å². The highest BCUT2D eigenvalue weighted by atomic mass is 31.2. The van der Waals surface area contributed by atoms with Crippen LogP contribution >= 0.6 is 7.82 Å². The first-order valence-corrected chi connectivity index (χ1v) is 14.0. The second-order valence-corrected chi connectivity index (χ2v) is 11.1. The maximum atomic E-state index is 12.7. The van der Waals surface area contributed by atoms with Crippen LogP contribution in [0, 0.1) is 0 Å². The molecule has 4 unspecified atom stereocenters. The van der Waals surface area contributed by atoms with Crippen molar-refractivity contribution < 1.29 is 83.2 Å². The molecule has 2 aliphatic rings. The standard InChI is InChI=1S/C21H31N4O18P/c22-10-1-2-25(20(37)23-10)18-16(34)15(33)9(41-18)6-40-44(38,39)43-21(19(35)36)4-7(27)13(24-11(29)3-12(30)31)17(42-21)14(32)8(28)5-26/h1-2,7-9,13-18,26-28,32-34H,3-6H2,(H,24,29)(H,30,31)(H,35,36)(H,38,39)(H2,22,23,37)/p-2/t7-,8-,9?,13-,14-,15-,16-,17?,18?,21-/m1/s1. The Morgan fingerprint density at radius 2 is 1.93 bits per heavy atom. The fourth-order valence-electron chi connectivity index (χ4n) is 4.44. The second kappa shape index (κ2) is 13.9. The molecule has 10 N–H and O–H groups in total. The van der Waals surface area contributed by atoms with E-state index in [1.165, 1.54) is 0 Å². The summed E-state index contributed by atoms with van der Waals surface area (Å²) in [5.41, 5.74) is 4.40. The number of nitrogens with one attached hydrogen (secondary N) is 1. The number of carboxylic acid groups (broad SMARTS) is 2. The number of aliphatic hydroxyl groups excluding tert-OH is 6. The number of nitrogens with zero attached hydrogens (tertiary/aromatic N) is 2. The number of aliphatic carboxylic acids is 2. The summed E-state index contributed by atoms with van der Waals surface area (Å²) in [6, 6.07) is -0.718. The van der Waals surface area contributed by atoms with Crippen molar-refractivity contribution in [2.75, 3.05) is 18.9 Å². The Balaban J connectivity index is 1.80. The average molecular weight is 656 g/mol. The number of carbonyl (C=O) groups is 3. The average Bonchev–Trinajstić information content (AvgIpc) is 3.20. The first-order chi connectivity index (χ1) is 20.4. The summed E-state index contributed by atoms with van der Waals surface area (Å²) in [6.45, 7) is -2.33. The van der Waals surface area contributed by atoms with Gasteiger partial charge in [0.25, 0.3) is 7.82 Å². The molecule has 2 aliphatic heterocycles. The van der Waals surface area contributed by atoms with Gasteiger partial charge in [0, 0.05) is 12.6 Å². The summed E-state index contributed by atoms with van der Waals surface area (Å²) < 4.78 is 33.0. The van der Waals surface area contributed by atoms with Crippen molar-refractivity contribution in [3.8, 4) is 0 Å². The van der Waals surface area contributed by atoms with Crippen molar-refractivity contribution in [2.45, 2.75) is 73.6 Å². The number of hydrogen-bond donors (Lipinski definition) is 9. The Bertz CT molecular complexity index is 1330. The van der Waals surface area contributed by atoms with E-state index in [-0.39, 0.29) is 5.82 Å². The zero-order valence-electron chi connectivity index (χ0n) is 22.2. The van der Waals surface area contributed by atoms with E-state index in [1.54, 1.807) is 0 Å². The lowest BCUT2D eigenvalue weighted by Gasteiger charge is -2.50. The lowest BCUT2D eigenvalue weighted by Crippen LogP contribution is -2.69. The molecule has 2 saturated heterocycles. The number of carboxylic acids is 2. The molecule has 0 radical (unpaired) electrons. The van der Waals surface area contributed by atoms with E-state index in [0.29, 0.717) is 0 Å². The van der Waals surface area contributed by atoms with Crippen molar-refractivity contribution in [1.82, 2.24) is 14.9 Å². The molecule has 0 saturated carbocycles. The number of anilines is 1. The van der Waals surface area contributed by atoms with Gasteiger partial charge in [0.1, 0.15) is 54.8 Å². The van der Waals surface area contributed by atoms with Gasteiger partial charge in [-0.05, 0) is 6.07 Å². The summed E-state index contributed by atoms with van der Waals surface area (Å²) in [5, 5.41) is 83.6. The van der Waals surface area contributed by atoms with Gasteiger partial charge in [0.15, 0.2) is 6.23 Å². The number of phosphoric ester groups is 1. The van der Waals surface area contributed by atoms with E-state index in [0.717, 1.165) is 16.8 Å². The predicted molar refractivity (Wildman–Crippen MR) is 130 cm³/mol. The van der Waals surface area contributed by atoms with Crippen LogP contribution < -0.4 is 26.7 Å². The number of nitrogens with two attached hydrogens (primary N) is 1. The number of nitrogen functional groups attached to an aromatic ring is 1. The molecule has 23 heteroatoms. The van der Waals surface area contributed by atoms with Crippen molar-refractivity contribution in [1.29, 1.82) is 0 Å². The molecular weight excluding hydrogens is 627 g/mol. The van der Waals surface area contributed by atoms with Crippen molar-refractivity contribution >= 4 is 31.5 Å². The Kier molecular flexibility index (Phi) is 11.2. The van der Waals surface area contributed by atoms with Gasteiger partial charge in [-0.15, -0.1) is 0 Å². The summed E-state index contributed by atoms with van der Waals surface area (Å²) in [7, 11) is -5.90. The molecule has 3 heterocycles. The Morgan fingerprint density at radius 3 is 2.50 bits per heavy atom. The number of amides is 1. The van der Waals surface area contributed by atoms with Gasteiger partial charge < -0.3 is 75.6 Å². The molecule has 2 fully saturated rings. The number of carbonyl (C=O) groups excluding carboxylic acids is 2.